The standard InChI is InChI=1S/C24H20BrN3O2S2/c1-29-21-10-7-16(12-22(21)30-2)20-13-18(23-4-3-11-31-23)27-28(20)24-26-19(14-32-24)15-5-8-17(25)9-6-15/h3-12,14,20H,13H2,1-2H3/t20-/m0/s1. The summed E-state index contributed by atoms with van der Waals surface area (Å²) < 4.78 is 12.0. The number of hydrogen-bond donors (Lipinski definition) is 0. The molecule has 0 unspecified atom stereocenters. The molecule has 1 aliphatic rings. The molecule has 0 amide bonds. The highest BCUT2D eigenvalue weighted by atomic mass is 79.9. The van der Waals surface area contributed by atoms with Crippen LogP contribution in [-0.2, 0) is 0 Å². The molecule has 0 fully saturated rings. The Bertz CT molecular complexity index is 1250. The SMILES string of the molecule is COc1ccc([C@@H]2CC(c3cccs3)=NN2c2nc(-c3ccc(Br)cc3)cs2)cc1OC. The van der Waals surface area contributed by atoms with Gasteiger partial charge in [-0.2, -0.15) is 5.10 Å². The van der Waals surface area contributed by atoms with Crippen LogP contribution >= 0.6 is 38.6 Å². The van der Waals surface area contributed by atoms with Crippen molar-refractivity contribution in [1.82, 2.24) is 4.98 Å². The third-order valence-corrected chi connectivity index (χ3v) is 7.61. The van der Waals surface area contributed by atoms with Gasteiger partial charge in [-0.3, -0.25) is 0 Å². The predicted octanol–water partition coefficient (Wildman–Crippen LogP) is 7.01. The van der Waals surface area contributed by atoms with Crippen molar-refractivity contribution >= 4 is 49.4 Å². The van der Waals surface area contributed by atoms with Crippen LogP contribution < -0.4 is 14.5 Å². The number of rotatable bonds is 6. The molecule has 1 aliphatic heterocycles. The molecule has 0 bridgehead atoms. The van der Waals surface area contributed by atoms with E-state index >= 15 is 0 Å². The number of thiazole rings is 1. The van der Waals surface area contributed by atoms with E-state index in [2.05, 4.69) is 57.0 Å². The van der Waals surface area contributed by atoms with Gasteiger partial charge in [0.05, 0.1) is 36.5 Å². The molecule has 4 aromatic rings. The number of anilines is 1. The molecule has 0 spiro atoms. The van der Waals surface area contributed by atoms with E-state index < -0.39 is 0 Å². The maximum atomic E-state index is 5.55. The van der Waals surface area contributed by atoms with E-state index in [1.165, 1.54) is 4.88 Å². The number of benzene rings is 2. The van der Waals surface area contributed by atoms with E-state index in [9.17, 15) is 0 Å². The largest absolute Gasteiger partial charge is 0.493 e. The van der Waals surface area contributed by atoms with Gasteiger partial charge in [0.2, 0.25) is 5.13 Å². The van der Waals surface area contributed by atoms with Crippen molar-refractivity contribution < 1.29 is 9.47 Å². The number of halogens is 1. The first-order valence-corrected chi connectivity index (χ1v) is 12.6. The van der Waals surface area contributed by atoms with Crippen LogP contribution in [0.1, 0.15) is 22.9 Å². The Balaban J connectivity index is 1.53. The fourth-order valence-corrected chi connectivity index (χ4v) is 5.54. The molecule has 1 atom stereocenters. The van der Waals surface area contributed by atoms with Gasteiger partial charge < -0.3 is 9.47 Å². The van der Waals surface area contributed by atoms with Gasteiger partial charge in [-0.1, -0.05) is 40.2 Å². The van der Waals surface area contributed by atoms with Crippen LogP contribution in [0.2, 0.25) is 0 Å². The quantitative estimate of drug-likeness (QED) is 0.271. The number of ether oxygens (including phenoxy) is 2. The van der Waals surface area contributed by atoms with E-state index in [1.807, 2.05) is 29.3 Å². The fraction of sp³-hybridized carbons (Fsp3) is 0.167. The highest BCUT2D eigenvalue weighted by Gasteiger charge is 2.32. The van der Waals surface area contributed by atoms with Gasteiger partial charge in [-0.05, 0) is 41.3 Å². The Hall–Kier alpha value is -2.68. The van der Waals surface area contributed by atoms with E-state index in [0.29, 0.717) is 11.5 Å². The molecule has 0 saturated carbocycles. The summed E-state index contributed by atoms with van der Waals surface area (Å²) in [6, 6.07) is 18.5. The Morgan fingerprint density at radius 3 is 2.53 bits per heavy atom. The molecule has 5 nitrogen and oxygen atoms in total. The number of hydrazone groups is 1. The summed E-state index contributed by atoms with van der Waals surface area (Å²) in [5, 5.41) is 12.1. The second-order valence-corrected chi connectivity index (χ2v) is 9.93. The lowest BCUT2D eigenvalue weighted by molar-refractivity contribution is 0.354. The summed E-state index contributed by atoms with van der Waals surface area (Å²) in [6.45, 7) is 0. The number of hydrogen-bond acceptors (Lipinski definition) is 7. The second-order valence-electron chi connectivity index (χ2n) is 7.23. The van der Waals surface area contributed by atoms with Crippen molar-refractivity contribution in [2.24, 2.45) is 5.10 Å². The van der Waals surface area contributed by atoms with Crippen LogP contribution in [0.4, 0.5) is 5.13 Å². The minimum absolute atomic E-state index is 0.0239. The third-order valence-electron chi connectivity index (χ3n) is 5.34. The summed E-state index contributed by atoms with van der Waals surface area (Å²) in [5.74, 6) is 1.43. The summed E-state index contributed by atoms with van der Waals surface area (Å²) in [7, 11) is 3.31. The molecular formula is C24H20BrN3O2S2. The monoisotopic (exact) mass is 525 g/mol. The Morgan fingerprint density at radius 2 is 1.81 bits per heavy atom. The Labute approximate surface area is 203 Å². The minimum Gasteiger partial charge on any atom is -0.493 e. The van der Waals surface area contributed by atoms with Gasteiger partial charge in [-0.25, -0.2) is 9.99 Å². The Kier molecular flexibility index (Phi) is 5.99. The molecule has 32 heavy (non-hydrogen) atoms. The summed E-state index contributed by atoms with van der Waals surface area (Å²) in [6.07, 6.45) is 0.795. The maximum absolute atomic E-state index is 5.55. The van der Waals surface area contributed by atoms with Crippen LogP contribution in [0.5, 0.6) is 11.5 Å². The average molecular weight is 526 g/mol. The summed E-state index contributed by atoms with van der Waals surface area (Å²) in [5.41, 5.74) is 4.21. The maximum Gasteiger partial charge on any atom is 0.207 e. The number of aromatic nitrogens is 1. The number of thiophene rings is 1. The molecule has 0 saturated heterocycles. The van der Waals surface area contributed by atoms with Gasteiger partial charge >= 0.3 is 0 Å². The molecule has 3 heterocycles. The molecular weight excluding hydrogens is 506 g/mol. The van der Waals surface area contributed by atoms with Crippen molar-refractivity contribution in [1.29, 1.82) is 0 Å². The zero-order valence-corrected chi connectivity index (χ0v) is 20.7. The smallest absolute Gasteiger partial charge is 0.207 e. The van der Waals surface area contributed by atoms with E-state index in [0.717, 1.165) is 38.6 Å². The average Bonchev–Trinajstić information content (AvgIpc) is 3.59. The number of nitrogens with zero attached hydrogens (tertiary/aromatic N) is 3. The van der Waals surface area contributed by atoms with Crippen LogP contribution in [0.3, 0.4) is 0 Å². The second kappa shape index (κ2) is 9.05. The summed E-state index contributed by atoms with van der Waals surface area (Å²) >= 11 is 6.81. The third kappa shape index (κ3) is 4.05. The van der Waals surface area contributed by atoms with E-state index in [1.54, 1.807) is 36.9 Å². The fourth-order valence-electron chi connectivity index (χ4n) is 3.72. The van der Waals surface area contributed by atoms with Gasteiger partial charge in [0.25, 0.3) is 0 Å². The van der Waals surface area contributed by atoms with Gasteiger partial charge in [0, 0.05) is 21.8 Å². The van der Waals surface area contributed by atoms with Crippen molar-refractivity contribution in [3.63, 3.8) is 0 Å². The zero-order valence-electron chi connectivity index (χ0n) is 17.5. The first kappa shape index (κ1) is 21.2. The van der Waals surface area contributed by atoms with Crippen LogP contribution in [0, 0.1) is 0 Å². The molecule has 162 valence electrons. The molecule has 0 radical (unpaired) electrons. The van der Waals surface area contributed by atoms with Crippen LogP contribution in [0.15, 0.2) is 74.9 Å². The van der Waals surface area contributed by atoms with Crippen molar-refractivity contribution in [3.8, 4) is 22.8 Å². The van der Waals surface area contributed by atoms with Crippen molar-refractivity contribution in [2.75, 3.05) is 19.2 Å². The summed E-state index contributed by atoms with van der Waals surface area (Å²) in [4.78, 5) is 6.11. The van der Waals surface area contributed by atoms with Crippen molar-refractivity contribution in [3.05, 3.63) is 80.3 Å². The van der Waals surface area contributed by atoms with Gasteiger partial charge in [0.1, 0.15) is 0 Å². The molecule has 5 rings (SSSR count). The van der Waals surface area contributed by atoms with Gasteiger partial charge in [0.15, 0.2) is 11.5 Å². The lowest BCUT2D eigenvalue weighted by Crippen LogP contribution is -2.18. The van der Waals surface area contributed by atoms with Crippen LogP contribution in [0.25, 0.3) is 11.3 Å². The zero-order chi connectivity index (χ0) is 22.1. The predicted molar refractivity (Wildman–Crippen MR) is 135 cm³/mol. The lowest BCUT2D eigenvalue weighted by atomic mass is 10.0. The number of methoxy groups -OCH3 is 2. The Morgan fingerprint density at radius 1 is 1.00 bits per heavy atom. The van der Waals surface area contributed by atoms with Crippen molar-refractivity contribution in [2.45, 2.75) is 12.5 Å². The lowest BCUT2D eigenvalue weighted by Gasteiger charge is -2.22. The molecule has 2 aromatic heterocycles. The van der Waals surface area contributed by atoms with Gasteiger partial charge in [-0.15, -0.1) is 22.7 Å². The first-order chi connectivity index (χ1) is 15.7. The molecule has 2 aromatic carbocycles. The van der Waals surface area contributed by atoms with E-state index in [4.69, 9.17) is 19.6 Å². The normalized spacial score (nSPS) is 15.7. The minimum atomic E-state index is 0.0239. The van der Waals surface area contributed by atoms with E-state index in [-0.39, 0.29) is 6.04 Å². The first-order valence-electron chi connectivity index (χ1n) is 10.00. The van der Waals surface area contributed by atoms with Crippen LogP contribution in [-0.4, -0.2) is 24.9 Å². The highest BCUT2D eigenvalue weighted by molar-refractivity contribution is 9.10. The molecule has 8 heteroatoms. The highest BCUT2D eigenvalue weighted by Crippen LogP contribution is 2.42. The molecule has 0 N–H and O–H groups in total. The topological polar surface area (TPSA) is 47.0 Å². The molecule has 0 aliphatic carbocycles.